The maximum atomic E-state index is 16.0. The number of aromatic amines is 1. The molecule has 0 spiro atoms. The first-order valence-electron chi connectivity index (χ1n) is 11.9. The van der Waals surface area contributed by atoms with Crippen molar-refractivity contribution in [3.05, 3.63) is 36.7 Å². The van der Waals surface area contributed by atoms with Crippen molar-refractivity contribution < 1.29 is 37.2 Å². The van der Waals surface area contributed by atoms with Gasteiger partial charge in [-0.25, -0.2) is 13.5 Å². The quantitative estimate of drug-likeness (QED) is 0.141. The fraction of sp³-hybridized carbons (Fsp3) is 0.478. The van der Waals surface area contributed by atoms with E-state index in [0.29, 0.717) is 17.0 Å². The van der Waals surface area contributed by atoms with Crippen LogP contribution in [-0.2, 0) is 18.6 Å². The molecule has 6 unspecified atom stereocenters. The molecule has 1 aromatic carbocycles. The number of fused-ring (bicyclic) bond motifs is 1. The van der Waals surface area contributed by atoms with Gasteiger partial charge in [0.2, 0.25) is 5.52 Å². The average molecular weight is 553 g/mol. The van der Waals surface area contributed by atoms with Crippen molar-refractivity contribution in [2.24, 2.45) is 5.92 Å². The molecule has 1 fully saturated rings. The Balaban J connectivity index is 1.57. The van der Waals surface area contributed by atoms with Crippen LogP contribution in [0.15, 0.2) is 36.7 Å². The summed E-state index contributed by atoms with van der Waals surface area (Å²) in [6, 6.07) is 6.35. The number of hydrogen-bond donors (Lipinski definition) is 5. The number of carbonyl (C=O) groups is 1. The maximum absolute atomic E-state index is 16.0. The number of carbonyl (C=O) groups excluding carboxylic acids is 1. The highest BCUT2D eigenvalue weighted by molar-refractivity contribution is 7.52. The van der Waals surface area contributed by atoms with E-state index in [1.54, 1.807) is 48.3 Å². The van der Waals surface area contributed by atoms with Crippen molar-refractivity contribution in [1.29, 1.82) is 0 Å². The van der Waals surface area contributed by atoms with Gasteiger partial charge in [-0.1, -0.05) is 23.2 Å². The highest BCUT2D eigenvalue weighted by atomic mass is 31.2. The fourth-order valence-corrected chi connectivity index (χ4v) is 6.17. The molecular formula is C23H32FN7O6P+. The van der Waals surface area contributed by atoms with Gasteiger partial charge in [0.05, 0.1) is 19.8 Å². The summed E-state index contributed by atoms with van der Waals surface area (Å²) in [5.41, 5.74) is 4.61. The molecule has 0 amide bonds. The molecule has 13 nitrogen and oxygen atoms in total. The molecule has 206 valence electrons. The first kappa shape index (κ1) is 27.7. The lowest BCUT2D eigenvalue weighted by Gasteiger charge is -2.26. The molecule has 38 heavy (non-hydrogen) atoms. The van der Waals surface area contributed by atoms with Crippen LogP contribution in [0.2, 0.25) is 0 Å². The molecule has 4 rings (SSSR count). The van der Waals surface area contributed by atoms with E-state index in [1.807, 2.05) is 0 Å². The minimum Gasteiger partial charge on any atom is -0.468 e. The van der Waals surface area contributed by atoms with Gasteiger partial charge in [0, 0.05) is 13.0 Å². The summed E-state index contributed by atoms with van der Waals surface area (Å²) in [7, 11) is -1.30. The van der Waals surface area contributed by atoms with Crippen LogP contribution in [0.4, 0.5) is 16.2 Å². The Hall–Kier alpha value is -3.32. The number of esters is 1. The number of nitrogens with zero attached hydrogens (tertiary/aromatic N) is 3. The number of ether oxygens (including phenoxy) is 1. The number of benzene rings is 1. The van der Waals surface area contributed by atoms with Crippen LogP contribution in [0.25, 0.3) is 11.2 Å². The molecular weight excluding hydrogens is 520 g/mol. The van der Waals surface area contributed by atoms with Gasteiger partial charge in [0.1, 0.15) is 17.8 Å². The van der Waals surface area contributed by atoms with Gasteiger partial charge in [-0.3, -0.25) is 14.3 Å². The van der Waals surface area contributed by atoms with Gasteiger partial charge in [-0.05, 0) is 32.4 Å². The third kappa shape index (κ3) is 5.44. The van der Waals surface area contributed by atoms with Crippen LogP contribution >= 0.6 is 7.75 Å². The Morgan fingerprint density at radius 3 is 2.76 bits per heavy atom. The molecule has 15 heteroatoms. The lowest BCUT2D eigenvalue weighted by Crippen LogP contribution is -2.50. The van der Waals surface area contributed by atoms with Crippen molar-refractivity contribution in [1.82, 2.24) is 20.0 Å². The third-order valence-electron chi connectivity index (χ3n) is 6.61. The number of nitrogen functional groups attached to an aromatic ring is 1. The summed E-state index contributed by atoms with van der Waals surface area (Å²) in [4.78, 5) is 23.4. The summed E-state index contributed by atoms with van der Waals surface area (Å²) in [6.07, 6.45) is 0.180. The van der Waals surface area contributed by atoms with Crippen LogP contribution in [0.5, 0.6) is 5.75 Å². The molecule has 3 aromatic rings. The van der Waals surface area contributed by atoms with Crippen LogP contribution in [0.3, 0.4) is 0 Å². The Kier molecular flexibility index (Phi) is 7.88. The monoisotopic (exact) mass is 552 g/mol. The van der Waals surface area contributed by atoms with E-state index in [-0.39, 0.29) is 24.7 Å². The first-order valence-corrected chi connectivity index (χ1v) is 13.5. The number of halogens is 1. The fourth-order valence-electron chi connectivity index (χ4n) is 4.62. The van der Waals surface area contributed by atoms with E-state index in [0.717, 1.165) is 0 Å². The Morgan fingerprint density at radius 2 is 2.11 bits per heavy atom. The normalized spacial score (nSPS) is 25.6. The van der Waals surface area contributed by atoms with Gasteiger partial charge >= 0.3 is 19.4 Å². The zero-order valence-corrected chi connectivity index (χ0v) is 22.3. The SMILES string of the molecule is CNc1nc(N)nc2c1[nH]c[n+]2C1CC(COP(=O)(NC(C)C(=O)OC)Oc2ccccc2)C(O)C1(C)F. The average Bonchev–Trinajstić information content (AvgIpc) is 3.39. The predicted molar refractivity (Wildman–Crippen MR) is 136 cm³/mol. The number of H-pyrrole nitrogens is 1. The smallest absolute Gasteiger partial charge is 0.459 e. The van der Waals surface area contributed by atoms with Crippen LogP contribution in [0, 0.1) is 5.92 Å². The molecule has 0 bridgehead atoms. The van der Waals surface area contributed by atoms with Gasteiger partial charge in [-0.15, -0.1) is 0 Å². The first-order chi connectivity index (χ1) is 18.0. The van der Waals surface area contributed by atoms with Crippen LogP contribution < -0.4 is 25.2 Å². The number of hydrogen-bond acceptors (Lipinski definition) is 10. The molecule has 1 saturated carbocycles. The Morgan fingerprint density at radius 1 is 1.39 bits per heavy atom. The van der Waals surface area contributed by atoms with E-state index in [4.69, 9.17) is 19.5 Å². The highest BCUT2D eigenvalue weighted by Gasteiger charge is 2.56. The van der Waals surface area contributed by atoms with Gasteiger partial charge in [0.25, 0.3) is 5.95 Å². The molecule has 0 saturated heterocycles. The second kappa shape index (κ2) is 10.8. The lowest BCUT2D eigenvalue weighted by atomic mass is 9.98. The van der Waals surface area contributed by atoms with E-state index in [2.05, 4.69) is 25.4 Å². The number of imidazole rings is 1. The molecule has 1 aliphatic carbocycles. The summed E-state index contributed by atoms with van der Waals surface area (Å²) in [5.74, 6) is -0.791. The van der Waals surface area contributed by atoms with Gasteiger partial charge in [-0.2, -0.15) is 10.1 Å². The van der Waals surface area contributed by atoms with Crippen molar-refractivity contribution in [2.45, 2.75) is 44.1 Å². The van der Waals surface area contributed by atoms with Crippen LogP contribution in [-0.4, -0.2) is 64.6 Å². The van der Waals surface area contributed by atoms with E-state index in [1.165, 1.54) is 21.0 Å². The van der Waals surface area contributed by atoms with Crippen molar-refractivity contribution >= 4 is 36.6 Å². The number of para-hydroxylation sites is 1. The summed E-state index contributed by atoms with van der Waals surface area (Å²) < 4.78 is 47.2. The standard InChI is InChI=1S/C23H31FN7O6P/c1-13(21(33)35-4)30-38(34,37-15-8-6-5-7-9-15)36-11-14-10-16(23(2,24)18(14)32)31-12-27-17-19(26-3)28-22(25)29-20(17)31/h5-9,12-14,16,18,32H,10-11H2,1-4H3,(H4,25,26,28,29,30,34)/p+1. The predicted octanol–water partition coefficient (Wildman–Crippen LogP) is 1.87. The summed E-state index contributed by atoms with van der Waals surface area (Å²) in [5, 5.41) is 16.4. The van der Waals surface area contributed by atoms with Crippen LogP contribution in [0.1, 0.15) is 26.3 Å². The Bertz CT molecular complexity index is 1340. The molecule has 1 aliphatic rings. The maximum Gasteiger partial charge on any atom is 0.459 e. The summed E-state index contributed by atoms with van der Waals surface area (Å²) in [6.45, 7) is 2.40. The molecule has 0 radical (unpaired) electrons. The highest BCUT2D eigenvalue weighted by Crippen LogP contribution is 2.49. The van der Waals surface area contributed by atoms with Gasteiger partial charge in [0.15, 0.2) is 17.8 Å². The Labute approximate surface area is 218 Å². The topological polar surface area (TPSA) is 178 Å². The van der Waals surface area contributed by atoms with E-state index in [9.17, 15) is 14.5 Å². The number of anilines is 2. The third-order valence-corrected chi connectivity index (χ3v) is 8.25. The van der Waals surface area contributed by atoms with Crippen molar-refractivity contribution in [2.75, 3.05) is 31.8 Å². The summed E-state index contributed by atoms with van der Waals surface area (Å²) >= 11 is 0. The van der Waals surface area contributed by atoms with E-state index < -0.39 is 43.5 Å². The van der Waals surface area contributed by atoms with Crippen molar-refractivity contribution in [3.8, 4) is 5.75 Å². The molecule has 0 aliphatic heterocycles. The molecule has 6 atom stereocenters. The lowest BCUT2D eigenvalue weighted by molar-refractivity contribution is -0.710. The second-order valence-electron chi connectivity index (χ2n) is 9.24. The second-order valence-corrected chi connectivity index (χ2v) is 10.9. The van der Waals surface area contributed by atoms with Gasteiger partial charge < -0.3 is 25.4 Å². The molecule has 2 heterocycles. The number of aliphatic hydroxyl groups excluding tert-OH is 1. The largest absolute Gasteiger partial charge is 0.468 e. The number of aliphatic hydroxyl groups is 1. The molecule has 2 aromatic heterocycles. The van der Waals surface area contributed by atoms with E-state index >= 15 is 4.39 Å². The zero-order valence-electron chi connectivity index (χ0n) is 21.4. The number of nitrogens with one attached hydrogen (secondary N) is 3. The number of alkyl halides is 1. The molecule has 6 N–H and O–H groups in total. The minimum absolute atomic E-state index is 0.000936. The minimum atomic E-state index is -4.16. The zero-order chi connectivity index (χ0) is 27.7. The number of aromatic nitrogens is 4. The van der Waals surface area contributed by atoms with Crippen molar-refractivity contribution in [3.63, 3.8) is 0 Å². The number of nitrogens with two attached hydrogens (primary N) is 1. The number of rotatable bonds is 10. The number of methoxy groups -OCH3 is 1.